The van der Waals surface area contributed by atoms with Crippen molar-refractivity contribution in [2.75, 3.05) is 13.1 Å². The van der Waals surface area contributed by atoms with Crippen LogP contribution in [0.2, 0.25) is 0 Å². The summed E-state index contributed by atoms with van der Waals surface area (Å²) in [7, 11) is 0. The molecule has 3 heteroatoms. The molecule has 1 aliphatic carbocycles. The van der Waals surface area contributed by atoms with Crippen molar-refractivity contribution in [3.8, 4) is 0 Å². The van der Waals surface area contributed by atoms with Gasteiger partial charge in [-0.3, -0.25) is 4.79 Å². The summed E-state index contributed by atoms with van der Waals surface area (Å²) in [6.07, 6.45) is 1.81. The zero-order chi connectivity index (χ0) is 14.8. The summed E-state index contributed by atoms with van der Waals surface area (Å²) < 4.78 is 0. The van der Waals surface area contributed by atoms with Gasteiger partial charge in [-0.25, -0.2) is 0 Å². The quantitative estimate of drug-likeness (QED) is 0.866. The molecule has 0 spiro atoms. The number of likely N-dealkylation sites (N-methyl/N-ethyl adjacent to an activating group) is 1. The lowest BCUT2D eigenvalue weighted by atomic mass is 9.89. The first kappa shape index (κ1) is 15.0. The SMILES string of the molecule is CC[C@@H](N)[C@H]1C[C@]1(C(=O)N(CC)CC)c1ccccc1. The van der Waals surface area contributed by atoms with E-state index in [1.54, 1.807) is 0 Å². The Bertz CT molecular complexity index is 455. The molecule has 1 amide bonds. The number of carbonyl (C=O) groups excluding carboxylic acids is 1. The maximum absolute atomic E-state index is 13.0. The van der Waals surface area contributed by atoms with Crippen LogP contribution in [0.3, 0.4) is 0 Å². The highest BCUT2D eigenvalue weighted by Gasteiger charge is 2.63. The van der Waals surface area contributed by atoms with E-state index >= 15 is 0 Å². The fourth-order valence-electron chi connectivity index (χ4n) is 3.32. The summed E-state index contributed by atoms with van der Waals surface area (Å²) in [5.41, 5.74) is 7.00. The van der Waals surface area contributed by atoms with E-state index in [0.717, 1.165) is 31.5 Å². The maximum Gasteiger partial charge on any atom is 0.233 e. The van der Waals surface area contributed by atoms with E-state index in [2.05, 4.69) is 19.1 Å². The average Bonchev–Trinajstić information content (AvgIpc) is 3.25. The Morgan fingerprint density at radius 1 is 1.30 bits per heavy atom. The summed E-state index contributed by atoms with van der Waals surface area (Å²) in [4.78, 5) is 14.9. The van der Waals surface area contributed by atoms with Crippen molar-refractivity contribution < 1.29 is 4.79 Å². The number of nitrogens with two attached hydrogens (primary N) is 1. The van der Waals surface area contributed by atoms with Gasteiger partial charge in [-0.1, -0.05) is 37.3 Å². The first-order chi connectivity index (χ1) is 9.61. The van der Waals surface area contributed by atoms with Crippen LogP contribution in [0.25, 0.3) is 0 Å². The van der Waals surface area contributed by atoms with Crippen LogP contribution in [0.15, 0.2) is 30.3 Å². The summed E-state index contributed by atoms with van der Waals surface area (Å²) in [6.45, 7) is 7.70. The third-order valence-electron chi connectivity index (χ3n) is 4.72. The number of rotatable bonds is 6. The molecular weight excluding hydrogens is 248 g/mol. The van der Waals surface area contributed by atoms with Gasteiger partial charge in [-0.05, 0) is 38.2 Å². The van der Waals surface area contributed by atoms with E-state index < -0.39 is 0 Å². The van der Waals surface area contributed by atoms with Gasteiger partial charge in [-0.2, -0.15) is 0 Å². The molecule has 110 valence electrons. The fourth-order valence-corrected chi connectivity index (χ4v) is 3.32. The van der Waals surface area contributed by atoms with Crippen molar-refractivity contribution in [2.45, 2.75) is 45.1 Å². The maximum atomic E-state index is 13.0. The lowest BCUT2D eigenvalue weighted by Gasteiger charge is -2.27. The van der Waals surface area contributed by atoms with E-state index in [1.807, 2.05) is 36.9 Å². The molecule has 1 aromatic rings. The minimum absolute atomic E-state index is 0.106. The molecule has 1 fully saturated rings. The highest BCUT2D eigenvalue weighted by molar-refractivity contribution is 5.92. The molecule has 0 unspecified atom stereocenters. The zero-order valence-corrected chi connectivity index (χ0v) is 12.8. The van der Waals surface area contributed by atoms with Gasteiger partial charge in [0.15, 0.2) is 0 Å². The predicted octanol–water partition coefficient (Wildman–Crippen LogP) is 2.55. The number of hydrogen-bond acceptors (Lipinski definition) is 2. The second-order valence-corrected chi connectivity index (χ2v) is 5.70. The molecule has 2 rings (SSSR count). The molecular formula is C17H26N2O. The van der Waals surface area contributed by atoms with E-state index in [1.165, 1.54) is 0 Å². The molecule has 1 aromatic carbocycles. The first-order valence-electron chi connectivity index (χ1n) is 7.72. The fraction of sp³-hybridized carbons (Fsp3) is 0.588. The second kappa shape index (κ2) is 5.96. The van der Waals surface area contributed by atoms with Crippen molar-refractivity contribution >= 4 is 5.91 Å². The Morgan fingerprint density at radius 3 is 2.40 bits per heavy atom. The molecule has 1 aliphatic rings. The van der Waals surface area contributed by atoms with Crippen LogP contribution in [-0.2, 0) is 10.2 Å². The Hall–Kier alpha value is -1.35. The van der Waals surface area contributed by atoms with E-state index in [-0.39, 0.29) is 23.3 Å². The van der Waals surface area contributed by atoms with Crippen molar-refractivity contribution in [1.29, 1.82) is 0 Å². The Labute approximate surface area is 122 Å². The lowest BCUT2D eigenvalue weighted by Crippen LogP contribution is -2.42. The molecule has 0 heterocycles. The van der Waals surface area contributed by atoms with Crippen molar-refractivity contribution in [1.82, 2.24) is 4.90 Å². The molecule has 0 radical (unpaired) electrons. The van der Waals surface area contributed by atoms with Crippen molar-refractivity contribution in [3.05, 3.63) is 35.9 Å². The van der Waals surface area contributed by atoms with Crippen LogP contribution in [0.1, 0.15) is 39.2 Å². The third kappa shape index (κ3) is 2.35. The van der Waals surface area contributed by atoms with Gasteiger partial charge in [-0.15, -0.1) is 0 Å². The molecule has 0 saturated heterocycles. The highest BCUT2D eigenvalue weighted by Crippen LogP contribution is 2.57. The van der Waals surface area contributed by atoms with Gasteiger partial charge in [0.1, 0.15) is 0 Å². The standard InChI is InChI=1S/C17H26N2O/c1-4-15(18)14-12-17(14,13-10-8-7-9-11-13)16(20)19(5-2)6-3/h7-11,14-15H,4-6,12,18H2,1-3H3/t14-,15-,17+/m1/s1. The Kier molecular flexibility index (Phi) is 4.48. The van der Waals surface area contributed by atoms with E-state index in [9.17, 15) is 4.79 Å². The van der Waals surface area contributed by atoms with Crippen molar-refractivity contribution in [2.24, 2.45) is 11.7 Å². The summed E-state index contributed by atoms with van der Waals surface area (Å²) >= 11 is 0. The van der Waals surface area contributed by atoms with Crippen LogP contribution in [0.4, 0.5) is 0 Å². The van der Waals surface area contributed by atoms with Crippen LogP contribution in [-0.4, -0.2) is 29.9 Å². The molecule has 3 nitrogen and oxygen atoms in total. The molecule has 0 aromatic heterocycles. The van der Waals surface area contributed by atoms with Gasteiger partial charge in [0.25, 0.3) is 0 Å². The van der Waals surface area contributed by atoms with Crippen LogP contribution in [0, 0.1) is 5.92 Å². The number of amides is 1. The van der Waals surface area contributed by atoms with Gasteiger partial charge < -0.3 is 10.6 Å². The van der Waals surface area contributed by atoms with Gasteiger partial charge in [0, 0.05) is 19.1 Å². The zero-order valence-electron chi connectivity index (χ0n) is 12.8. The monoisotopic (exact) mass is 274 g/mol. The van der Waals surface area contributed by atoms with E-state index in [4.69, 9.17) is 5.73 Å². The topological polar surface area (TPSA) is 46.3 Å². The van der Waals surface area contributed by atoms with Crippen LogP contribution in [0.5, 0.6) is 0 Å². The first-order valence-corrected chi connectivity index (χ1v) is 7.72. The largest absolute Gasteiger partial charge is 0.342 e. The minimum atomic E-state index is -0.372. The molecule has 1 saturated carbocycles. The van der Waals surface area contributed by atoms with E-state index in [0.29, 0.717) is 0 Å². The van der Waals surface area contributed by atoms with Gasteiger partial charge in [0.2, 0.25) is 5.91 Å². The van der Waals surface area contributed by atoms with Crippen molar-refractivity contribution in [3.63, 3.8) is 0 Å². The molecule has 20 heavy (non-hydrogen) atoms. The van der Waals surface area contributed by atoms with Crippen LogP contribution >= 0.6 is 0 Å². The minimum Gasteiger partial charge on any atom is -0.342 e. The lowest BCUT2D eigenvalue weighted by molar-refractivity contribution is -0.134. The number of carbonyl (C=O) groups is 1. The molecule has 3 atom stereocenters. The highest BCUT2D eigenvalue weighted by atomic mass is 16.2. The normalized spacial score (nSPS) is 26.1. The Balaban J connectivity index is 2.35. The smallest absolute Gasteiger partial charge is 0.233 e. The van der Waals surface area contributed by atoms with Gasteiger partial charge >= 0.3 is 0 Å². The third-order valence-corrected chi connectivity index (χ3v) is 4.72. The second-order valence-electron chi connectivity index (χ2n) is 5.70. The predicted molar refractivity (Wildman–Crippen MR) is 82.4 cm³/mol. The van der Waals surface area contributed by atoms with Crippen LogP contribution < -0.4 is 5.73 Å². The van der Waals surface area contributed by atoms with Gasteiger partial charge in [0.05, 0.1) is 5.41 Å². The molecule has 0 bridgehead atoms. The number of nitrogens with zero attached hydrogens (tertiary/aromatic N) is 1. The number of hydrogen-bond donors (Lipinski definition) is 1. The molecule has 2 N–H and O–H groups in total. The summed E-state index contributed by atoms with van der Waals surface area (Å²) in [5.74, 6) is 0.533. The number of benzene rings is 1. The Morgan fingerprint density at radius 2 is 1.90 bits per heavy atom. The average molecular weight is 274 g/mol. The molecule has 0 aliphatic heterocycles. The summed E-state index contributed by atoms with van der Waals surface area (Å²) in [6, 6.07) is 10.3. The summed E-state index contributed by atoms with van der Waals surface area (Å²) in [5, 5.41) is 0.